The Morgan fingerprint density at radius 1 is 1.04 bits per heavy atom. The van der Waals surface area contributed by atoms with Crippen molar-refractivity contribution in [2.75, 3.05) is 13.1 Å². The number of amides is 3. The van der Waals surface area contributed by atoms with Gasteiger partial charge in [-0.2, -0.15) is 0 Å². The van der Waals surface area contributed by atoms with Crippen molar-refractivity contribution in [3.05, 3.63) is 0 Å². The standard InChI is InChI=1S/C13H25N7O5/c14-7(2-1-5-18-13(16)17)11(24)20-8(3-4-9(15)21)12(25)19-6-10(22)23/h7-8H,1-6,14H2,(H2,15,21)(H,19,25)(H,20,24)(H,22,23)(H4,16,17,18)/t7-,8-/m0/s1. The third-order valence-electron chi connectivity index (χ3n) is 3.03. The van der Waals surface area contributed by atoms with Crippen LogP contribution in [0.4, 0.5) is 0 Å². The fraction of sp³-hybridized carbons (Fsp3) is 0.615. The van der Waals surface area contributed by atoms with E-state index in [0.29, 0.717) is 13.0 Å². The summed E-state index contributed by atoms with van der Waals surface area (Å²) < 4.78 is 0. The van der Waals surface area contributed by atoms with Gasteiger partial charge in [-0.05, 0) is 19.3 Å². The maximum atomic E-state index is 12.0. The molecule has 0 radical (unpaired) electrons. The summed E-state index contributed by atoms with van der Waals surface area (Å²) in [6.07, 6.45) is 0.476. The van der Waals surface area contributed by atoms with Gasteiger partial charge in [-0.15, -0.1) is 0 Å². The average molecular weight is 359 g/mol. The second kappa shape index (κ2) is 11.6. The molecule has 0 bridgehead atoms. The van der Waals surface area contributed by atoms with Crippen molar-refractivity contribution < 1.29 is 24.3 Å². The highest BCUT2D eigenvalue weighted by Gasteiger charge is 2.24. The van der Waals surface area contributed by atoms with Gasteiger partial charge >= 0.3 is 5.97 Å². The number of aliphatic imine (C=N–C) groups is 1. The maximum absolute atomic E-state index is 12.0. The van der Waals surface area contributed by atoms with Crippen LogP contribution in [-0.2, 0) is 19.2 Å². The molecule has 0 saturated heterocycles. The molecule has 0 rings (SSSR count). The number of hydrogen-bond acceptors (Lipinski definition) is 6. The van der Waals surface area contributed by atoms with E-state index < -0.39 is 42.3 Å². The molecular weight excluding hydrogens is 334 g/mol. The normalized spacial score (nSPS) is 12.5. The van der Waals surface area contributed by atoms with Crippen molar-refractivity contribution in [2.45, 2.75) is 37.8 Å². The Morgan fingerprint density at radius 2 is 1.68 bits per heavy atom. The van der Waals surface area contributed by atoms with Crippen molar-refractivity contribution in [2.24, 2.45) is 27.9 Å². The number of nitrogens with two attached hydrogens (primary N) is 4. The Balaban J connectivity index is 4.60. The fourth-order valence-electron chi connectivity index (χ4n) is 1.77. The predicted molar refractivity (Wildman–Crippen MR) is 88.9 cm³/mol. The number of nitrogens with zero attached hydrogens (tertiary/aromatic N) is 1. The van der Waals surface area contributed by atoms with Gasteiger partial charge in [-0.1, -0.05) is 0 Å². The molecule has 0 fully saturated rings. The average Bonchev–Trinajstić information content (AvgIpc) is 2.52. The molecule has 0 aliphatic carbocycles. The number of hydrogen-bond donors (Lipinski definition) is 7. The lowest BCUT2D eigenvalue weighted by molar-refractivity contribution is -0.138. The van der Waals surface area contributed by atoms with Crippen molar-refractivity contribution in [3.63, 3.8) is 0 Å². The summed E-state index contributed by atoms with van der Waals surface area (Å²) in [5, 5.41) is 13.1. The van der Waals surface area contributed by atoms with Gasteiger partial charge in [-0.3, -0.25) is 24.2 Å². The Bertz CT molecular complexity index is 519. The smallest absolute Gasteiger partial charge is 0.322 e. The minimum atomic E-state index is -1.25. The highest BCUT2D eigenvalue weighted by molar-refractivity contribution is 5.91. The first-order valence-corrected chi connectivity index (χ1v) is 7.52. The highest BCUT2D eigenvalue weighted by atomic mass is 16.4. The molecule has 0 aromatic carbocycles. The second-order valence-electron chi connectivity index (χ2n) is 5.23. The maximum Gasteiger partial charge on any atom is 0.322 e. The monoisotopic (exact) mass is 359 g/mol. The van der Waals surface area contributed by atoms with Crippen LogP contribution in [0.15, 0.2) is 4.99 Å². The van der Waals surface area contributed by atoms with Crippen molar-refractivity contribution in [1.82, 2.24) is 10.6 Å². The first kappa shape index (κ1) is 22.1. The first-order valence-electron chi connectivity index (χ1n) is 7.52. The number of carboxylic acids is 1. The summed E-state index contributed by atoms with van der Waals surface area (Å²) in [6.45, 7) is -0.320. The zero-order chi connectivity index (χ0) is 19.4. The SMILES string of the molecule is NC(=O)CC[C@H](NC(=O)[C@@H](N)CCCN=C(N)N)C(=O)NCC(=O)O. The lowest BCUT2D eigenvalue weighted by atomic mass is 10.1. The van der Waals surface area contributed by atoms with Gasteiger partial charge in [0.05, 0.1) is 6.04 Å². The zero-order valence-electron chi connectivity index (χ0n) is 13.7. The van der Waals surface area contributed by atoms with Gasteiger partial charge in [0.25, 0.3) is 0 Å². The molecule has 0 aliphatic rings. The molecule has 0 spiro atoms. The van der Waals surface area contributed by atoms with E-state index in [2.05, 4.69) is 15.6 Å². The highest BCUT2D eigenvalue weighted by Crippen LogP contribution is 2.01. The lowest BCUT2D eigenvalue weighted by Gasteiger charge is -2.20. The van der Waals surface area contributed by atoms with Crippen molar-refractivity contribution in [3.8, 4) is 0 Å². The van der Waals surface area contributed by atoms with E-state index in [-0.39, 0.29) is 25.2 Å². The van der Waals surface area contributed by atoms with Crippen LogP contribution >= 0.6 is 0 Å². The quantitative estimate of drug-likeness (QED) is 0.104. The largest absolute Gasteiger partial charge is 0.480 e. The van der Waals surface area contributed by atoms with Crippen LogP contribution in [0.5, 0.6) is 0 Å². The van der Waals surface area contributed by atoms with E-state index in [4.69, 9.17) is 28.0 Å². The molecule has 12 nitrogen and oxygen atoms in total. The van der Waals surface area contributed by atoms with Crippen molar-refractivity contribution >= 4 is 29.7 Å². The number of guanidine groups is 1. The Morgan fingerprint density at radius 3 is 2.20 bits per heavy atom. The number of primary amides is 1. The van der Waals surface area contributed by atoms with Crippen LogP contribution < -0.4 is 33.6 Å². The molecule has 0 heterocycles. The van der Waals surface area contributed by atoms with Gasteiger partial charge in [0, 0.05) is 13.0 Å². The van der Waals surface area contributed by atoms with Crippen molar-refractivity contribution in [1.29, 1.82) is 0 Å². The van der Waals surface area contributed by atoms with Crippen LogP contribution in [-0.4, -0.2) is 59.9 Å². The van der Waals surface area contributed by atoms with Crippen LogP contribution in [0.2, 0.25) is 0 Å². The van der Waals surface area contributed by atoms with E-state index in [9.17, 15) is 19.2 Å². The van der Waals surface area contributed by atoms with Gasteiger partial charge in [-0.25, -0.2) is 0 Å². The summed E-state index contributed by atoms with van der Waals surface area (Å²) in [4.78, 5) is 49.1. The molecule has 0 unspecified atom stereocenters. The van der Waals surface area contributed by atoms with Crippen LogP contribution in [0.3, 0.4) is 0 Å². The molecule has 12 heteroatoms. The van der Waals surface area contributed by atoms with Crippen LogP contribution in [0, 0.1) is 0 Å². The Hall–Kier alpha value is -2.89. The number of aliphatic carboxylic acids is 1. The summed E-state index contributed by atoms with van der Waals surface area (Å²) >= 11 is 0. The molecular formula is C13H25N7O5. The number of carboxylic acid groups (broad SMARTS) is 1. The summed E-state index contributed by atoms with van der Waals surface area (Å²) in [7, 11) is 0. The molecule has 0 aromatic rings. The van der Waals surface area contributed by atoms with Gasteiger partial charge in [0.15, 0.2) is 5.96 Å². The van der Waals surface area contributed by atoms with E-state index in [0.717, 1.165) is 0 Å². The Kier molecular flexibility index (Phi) is 10.3. The molecule has 142 valence electrons. The minimum absolute atomic E-state index is 0.0698. The van der Waals surface area contributed by atoms with E-state index in [1.165, 1.54) is 0 Å². The third kappa shape index (κ3) is 11.3. The van der Waals surface area contributed by atoms with E-state index in [1.807, 2.05) is 0 Å². The fourth-order valence-corrected chi connectivity index (χ4v) is 1.77. The van der Waals surface area contributed by atoms with Crippen LogP contribution in [0.1, 0.15) is 25.7 Å². The van der Waals surface area contributed by atoms with Gasteiger partial charge < -0.3 is 38.7 Å². The molecule has 0 saturated carbocycles. The minimum Gasteiger partial charge on any atom is -0.480 e. The predicted octanol–water partition coefficient (Wildman–Crippen LogP) is -3.68. The second-order valence-corrected chi connectivity index (χ2v) is 5.23. The van der Waals surface area contributed by atoms with E-state index in [1.54, 1.807) is 0 Å². The topological polar surface area (TPSA) is 229 Å². The number of nitrogens with one attached hydrogen (secondary N) is 2. The Labute approximate surface area is 144 Å². The molecule has 3 amide bonds. The molecule has 0 aromatic heterocycles. The summed E-state index contributed by atoms with van der Waals surface area (Å²) in [6, 6.07) is -2.04. The third-order valence-corrected chi connectivity index (χ3v) is 3.03. The number of rotatable bonds is 12. The number of carbonyl (C=O) groups excluding carboxylic acids is 3. The summed E-state index contributed by atoms with van der Waals surface area (Å²) in [5.74, 6) is -3.34. The summed E-state index contributed by atoms with van der Waals surface area (Å²) in [5.41, 5.74) is 21.1. The molecule has 2 atom stereocenters. The van der Waals surface area contributed by atoms with Gasteiger partial charge in [0.2, 0.25) is 17.7 Å². The molecule has 0 aliphatic heterocycles. The molecule has 11 N–H and O–H groups in total. The van der Waals surface area contributed by atoms with Crippen LogP contribution in [0.25, 0.3) is 0 Å². The molecule has 25 heavy (non-hydrogen) atoms. The zero-order valence-corrected chi connectivity index (χ0v) is 13.7. The first-order chi connectivity index (χ1) is 11.6. The van der Waals surface area contributed by atoms with Gasteiger partial charge in [0.1, 0.15) is 12.6 Å². The lowest BCUT2D eigenvalue weighted by Crippen LogP contribution is -2.52. The number of carbonyl (C=O) groups is 4. The van der Waals surface area contributed by atoms with E-state index >= 15 is 0 Å².